The highest BCUT2D eigenvalue weighted by Gasteiger charge is 2.54. The van der Waals surface area contributed by atoms with E-state index in [1.54, 1.807) is 0 Å². The van der Waals surface area contributed by atoms with E-state index in [2.05, 4.69) is 4.90 Å². The van der Waals surface area contributed by atoms with Gasteiger partial charge < -0.3 is 14.4 Å². The number of hydrogen-bond donors (Lipinski definition) is 1. The molecule has 0 amide bonds. The monoisotopic (exact) mass is 369 g/mol. The number of hydrogen-bond acceptors (Lipinski definition) is 4. The fraction of sp³-hybridized carbons (Fsp3) is 0.842. The smallest absolute Gasteiger partial charge is 0.481 e. The fourth-order valence-corrected chi connectivity index (χ4v) is 3.32. The van der Waals surface area contributed by atoms with Gasteiger partial charge in [-0.05, 0) is 64.6 Å². The second-order valence-electron chi connectivity index (χ2n) is 9.55. The van der Waals surface area contributed by atoms with Gasteiger partial charge in [-0.3, -0.25) is 9.69 Å². The number of rotatable bonds is 4. The van der Waals surface area contributed by atoms with Gasteiger partial charge in [-0.25, -0.2) is 4.39 Å². The lowest BCUT2D eigenvalue weighted by Crippen LogP contribution is -2.41. The molecule has 0 saturated carbocycles. The molecule has 148 valence electrons. The van der Waals surface area contributed by atoms with E-state index < -0.39 is 24.3 Å². The summed E-state index contributed by atoms with van der Waals surface area (Å²) in [6, 6.07) is 0. The van der Waals surface area contributed by atoms with Crippen molar-refractivity contribution in [2.75, 3.05) is 19.6 Å². The van der Waals surface area contributed by atoms with Gasteiger partial charge in [0, 0.05) is 6.54 Å². The lowest BCUT2D eigenvalue weighted by molar-refractivity contribution is -0.143. The third-order valence-electron chi connectivity index (χ3n) is 5.97. The van der Waals surface area contributed by atoms with Crippen LogP contribution >= 0.6 is 0 Å². The molecule has 2 saturated heterocycles. The molecule has 0 atom stereocenters. The number of carboxylic acids is 1. The van der Waals surface area contributed by atoms with Gasteiger partial charge in [-0.1, -0.05) is 20.8 Å². The standard InChI is InChI=1S/C19H33BFNO4/c1-17(2,3)14(12-22-10-8-13(9-11-22)16(23)24)15(21)20-25-18(4,5)19(6,7)26-20/h13H,8-12H2,1-7H3,(H,23,24). The molecule has 2 aliphatic heterocycles. The average Bonchev–Trinajstić information content (AvgIpc) is 2.72. The molecule has 0 aliphatic carbocycles. The summed E-state index contributed by atoms with van der Waals surface area (Å²) in [7, 11) is -0.995. The third kappa shape index (κ3) is 4.49. The SMILES string of the molecule is CC(C)(C)C(CN1CCC(C(=O)O)CC1)=C(F)B1OC(C)(C)C(C)(C)O1. The summed E-state index contributed by atoms with van der Waals surface area (Å²) in [6.07, 6.45) is 1.20. The molecular weight excluding hydrogens is 336 g/mol. The van der Waals surface area contributed by atoms with E-state index in [-0.39, 0.29) is 17.1 Å². The van der Waals surface area contributed by atoms with Crippen LogP contribution in [0.15, 0.2) is 11.3 Å². The van der Waals surface area contributed by atoms with Gasteiger partial charge in [0.05, 0.1) is 17.1 Å². The maximum absolute atomic E-state index is 15.4. The topological polar surface area (TPSA) is 59.0 Å². The van der Waals surface area contributed by atoms with Crippen molar-refractivity contribution < 1.29 is 23.6 Å². The summed E-state index contributed by atoms with van der Waals surface area (Å²) in [5.41, 5.74) is -1.24. The maximum atomic E-state index is 15.4. The summed E-state index contributed by atoms with van der Waals surface area (Å²) < 4.78 is 27.2. The number of piperidine rings is 1. The van der Waals surface area contributed by atoms with Crippen LogP contribution in [0, 0.1) is 11.3 Å². The Bertz CT molecular complexity index is 559. The average molecular weight is 369 g/mol. The number of aliphatic carboxylic acids is 1. The lowest BCUT2D eigenvalue weighted by atomic mass is 9.75. The van der Waals surface area contributed by atoms with Crippen molar-refractivity contribution in [1.82, 2.24) is 4.90 Å². The van der Waals surface area contributed by atoms with Crippen molar-refractivity contribution in [2.45, 2.75) is 72.5 Å². The van der Waals surface area contributed by atoms with E-state index in [9.17, 15) is 4.79 Å². The highest BCUT2D eigenvalue weighted by Crippen LogP contribution is 2.41. The van der Waals surface area contributed by atoms with E-state index in [1.807, 2.05) is 48.5 Å². The van der Waals surface area contributed by atoms with Crippen molar-refractivity contribution in [1.29, 1.82) is 0 Å². The molecule has 0 aromatic heterocycles. The normalized spacial score (nSPS) is 25.3. The second-order valence-corrected chi connectivity index (χ2v) is 9.55. The molecule has 1 N–H and O–H groups in total. The van der Waals surface area contributed by atoms with Crippen LogP contribution in [0.1, 0.15) is 61.3 Å². The lowest BCUT2D eigenvalue weighted by Gasteiger charge is -2.34. The van der Waals surface area contributed by atoms with Crippen LogP contribution in [-0.2, 0) is 14.1 Å². The highest BCUT2D eigenvalue weighted by molar-refractivity contribution is 6.53. The Morgan fingerprint density at radius 3 is 2.00 bits per heavy atom. The number of nitrogens with zero attached hydrogens (tertiary/aromatic N) is 1. The molecule has 0 aromatic carbocycles. The first kappa shape index (κ1) is 21.4. The molecule has 0 bridgehead atoms. The zero-order valence-electron chi connectivity index (χ0n) is 17.2. The predicted molar refractivity (Wildman–Crippen MR) is 100 cm³/mol. The Balaban J connectivity index is 2.18. The van der Waals surface area contributed by atoms with Crippen molar-refractivity contribution in [2.24, 2.45) is 11.3 Å². The zero-order chi connectivity index (χ0) is 19.9. The minimum absolute atomic E-state index is 0.290. The number of carbonyl (C=O) groups is 1. The Labute approximate surface area is 157 Å². The largest absolute Gasteiger partial charge is 0.525 e. The molecule has 2 fully saturated rings. The van der Waals surface area contributed by atoms with Crippen molar-refractivity contribution in [3.05, 3.63) is 11.3 Å². The van der Waals surface area contributed by atoms with E-state index in [4.69, 9.17) is 14.4 Å². The van der Waals surface area contributed by atoms with Crippen LogP contribution < -0.4 is 0 Å². The molecule has 0 aromatic rings. The molecular formula is C19H33BFNO4. The summed E-state index contributed by atoms with van der Waals surface area (Å²) in [4.78, 5) is 13.3. The Hall–Kier alpha value is -0.915. The number of carboxylic acid groups (broad SMARTS) is 1. The van der Waals surface area contributed by atoms with E-state index >= 15 is 4.39 Å². The summed E-state index contributed by atoms with van der Waals surface area (Å²) in [6.45, 7) is 15.4. The minimum Gasteiger partial charge on any atom is -0.481 e. The van der Waals surface area contributed by atoms with Crippen LogP contribution in [0.5, 0.6) is 0 Å². The van der Waals surface area contributed by atoms with Gasteiger partial charge in [-0.15, -0.1) is 0 Å². The molecule has 26 heavy (non-hydrogen) atoms. The first-order valence-electron chi connectivity index (χ1n) is 9.44. The Kier molecular flexibility index (Phi) is 5.96. The first-order valence-corrected chi connectivity index (χ1v) is 9.44. The molecule has 7 heteroatoms. The Morgan fingerprint density at radius 2 is 1.62 bits per heavy atom. The van der Waals surface area contributed by atoms with Gasteiger partial charge >= 0.3 is 13.1 Å². The molecule has 2 heterocycles. The van der Waals surface area contributed by atoms with Crippen molar-refractivity contribution in [3.63, 3.8) is 0 Å². The molecule has 5 nitrogen and oxygen atoms in total. The predicted octanol–water partition coefficient (Wildman–Crippen LogP) is 3.68. The summed E-state index contributed by atoms with van der Waals surface area (Å²) >= 11 is 0. The quantitative estimate of drug-likeness (QED) is 0.766. The number of halogens is 1. The fourth-order valence-electron chi connectivity index (χ4n) is 3.32. The van der Waals surface area contributed by atoms with Crippen LogP contribution in [0.2, 0.25) is 0 Å². The molecule has 0 radical (unpaired) electrons. The first-order chi connectivity index (χ1) is 11.7. The van der Waals surface area contributed by atoms with Gasteiger partial charge in [0.2, 0.25) is 0 Å². The second kappa shape index (κ2) is 7.25. The summed E-state index contributed by atoms with van der Waals surface area (Å²) in [5, 5.41) is 9.14. The van der Waals surface area contributed by atoms with Gasteiger partial charge in [-0.2, -0.15) is 0 Å². The molecule has 2 aliphatic rings. The van der Waals surface area contributed by atoms with Crippen LogP contribution in [0.3, 0.4) is 0 Å². The van der Waals surface area contributed by atoms with Crippen molar-refractivity contribution >= 4 is 13.1 Å². The maximum Gasteiger partial charge on any atom is 0.525 e. The number of likely N-dealkylation sites (tertiary alicyclic amines) is 1. The van der Waals surface area contributed by atoms with E-state index in [0.29, 0.717) is 38.0 Å². The highest BCUT2D eigenvalue weighted by atomic mass is 19.1. The molecule has 0 spiro atoms. The summed E-state index contributed by atoms with van der Waals surface area (Å²) in [5.74, 6) is -1.03. The molecule has 0 unspecified atom stereocenters. The van der Waals surface area contributed by atoms with Gasteiger partial charge in [0.1, 0.15) is 5.73 Å². The van der Waals surface area contributed by atoms with E-state index in [1.165, 1.54) is 0 Å². The minimum atomic E-state index is -0.995. The van der Waals surface area contributed by atoms with Gasteiger partial charge in [0.15, 0.2) is 0 Å². The van der Waals surface area contributed by atoms with Crippen LogP contribution in [-0.4, -0.2) is 53.9 Å². The van der Waals surface area contributed by atoms with E-state index in [0.717, 1.165) is 0 Å². The van der Waals surface area contributed by atoms with Gasteiger partial charge in [0.25, 0.3) is 0 Å². The van der Waals surface area contributed by atoms with Crippen LogP contribution in [0.25, 0.3) is 0 Å². The zero-order valence-corrected chi connectivity index (χ0v) is 17.2. The van der Waals surface area contributed by atoms with Crippen LogP contribution in [0.4, 0.5) is 4.39 Å². The third-order valence-corrected chi connectivity index (χ3v) is 5.97. The Morgan fingerprint density at radius 1 is 1.15 bits per heavy atom. The van der Waals surface area contributed by atoms with Crippen molar-refractivity contribution in [3.8, 4) is 0 Å². The molecule has 2 rings (SSSR count).